The van der Waals surface area contributed by atoms with E-state index in [2.05, 4.69) is 5.32 Å². The van der Waals surface area contributed by atoms with Crippen LogP contribution in [0.5, 0.6) is 5.75 Å². The van der Waals surface area contributed by atoms with Gasteiger partial charge in [-0.2, -0.15) is 0 Å². The molecule has 0 bridgehead atoms. The van der Waals surface area contributed by atoms with Crippen molar-refractivity contribution in [3.63, 3.8) is 0 Å². The molecule has 1 amide bonds. The summed E-state index contributed by atoms with van der Waals surface area (Å²) < 4.78 is 23.3. The van der Waals surface area contributed by atoms with Gasteiger partial charge in [-0.25, -0.2) is 9.18 Å². The fourth-order valence-electron chi connectivity index (χ4n) is 2.42. The normalized spacial score (nSPS) is 11.5. The van der Waals surface area contributed by atoms with Crippen LogP contribution in [0.3, 0.4) is 0 Å². The van der Waals surface area contributed by atoms with Crippen LogP contribution in [0.1, 0.15) is 29.3 Å². The molecule has 0 aliphatic rings. The Hall–Kier alpha value is -2.89. The Morgan fingerprint density at radius 3 is 2.54 bits per heavy atom. The first-order valence-electron chi connectivity index (χ1n) is 8.33. The van der Waals surface area contributed by atoms with Crippen molar-refractivity contribution in [1.29, 1.82) is 0 Å². The van der Waals surface area contributed by atoms with Crippen LogP contribution in [0, 0.1) is 5.82 Å². The first-order chi connectivity index (χ1) is 12.5. The molecule has 2 rings (SSSR count). The van der Waals surface area contributed by atoms with E-state index in [4.69, 9.17) is 9.47 Å². The predicted octanol–water partition coefficient (Wildman–Crippen LogP) is 3.13. The lowest BCUT2D eigenvalue weighted by molar-refractivity contribution is -0.124. The quantitative estimate of drug-likeness (QED) is 0.736. The standard InChI is InChI=1S/C20H22FNO4/c1-14(8-9-15-6-4-3-5-7-15)22-19(23)13-26-20(24)16-10-11-18(25-2)17(21)12-16/h3-7,10-12,14H,8-9,13H2,1-2H3,(H,22,23)/t14-/m1/s1. The van der Waals surface area contributed by atoms with Crippen molar-refractivity contribution in [3.8, 4) is 5.75 Å². The number of rotatable bonds is 8. The Labute approximate surface area is 152 Å². The topological polar surface area (TPSA) is 64.6 Å². The van der Waals surface area contributed by atoms with Gasteiger partial charge in [0.2, 0.25) is 0 Å². The third kappa shape index (κ3) is 5.88. The van der Waals surface area contributed by atoms with Crippen LogP contribution in [-0.4, -0.2) is 31.6 Å². The van der Waals surface area contributed by atoms with Gasteiger partial charge in [-0.15, -0.1) is 0 Å². The van der Waals surface area contributed by atoms with Crippen molar-refractivity contribution in [2.24, 2.45) is 0 Å². The molecule has 6 heteroatoms. The zero-order chi connectivity index (χ0) is 18.9. The van der Waals surface area contributed by atoms with Crippen molar-refractivity contribution in [3.05, 3.63) is 65.5 Å². The molecule has 0 aliphatic carbocycles. The number of carbonyl (C=O) groups is 2. The van der Waals surface area contributed by atoms with Gasteiger partial charge in [0, 0.05) is 6.04 Å². The maximum absolute atomic E-state index is 13.6. The second-order valence-electron chi connectivity index (χ2n) is 5.92. The lowest BCUT2D eigenvalue weighted by Gasteiger charge is -2.14. The largest absolute Gasteiger partial charge is 0.494 e. The van der Waals surface area contributed by atoms with Gasteiger partial charge < -0.3 is 14.8 Å². The summed E-state index contributed by atoms with van der Waals surface area (Å²) in [5, 5.41) is 2.78. The van der Waals surface area contributed by atoms with Gasteiger partial charge in [0.15, 0.2) is 18.2 Å². The number of halogens is 1. The molecule has 2 aromatic rings. The fourth-order valence-corrected chi connectivity index (χ4v) is 2.42. The maximum atomic E-state index is 13.6. The van der Waals surface area contributed by atoms with Gasteiger partial charge in [-0.3, -0.25) is 4.79 Å². The van der Waals surface area contributed by atoms with Crippen LogP contribution in [-0.2, 0) is 16.0 Å². The Morgan fingerprint density at radius 1 is 1.15 bits per heavy atom. The number of aryl methyl sites for hydroxylation is 1. The molecule has 0 saturated heterocycles. The van der Waals surface area contributed by atoms with Crippen molar-refractivity contribution in [2.45, 2.75) is 25.8 Å². The number of esters is 1. The predicted molar refractivity (Wildman–Crippen MR) is 95.6 cm³/mol. The summed E-state index contributed by atoms with van der Waals surface area (Å²) >= 11 is 0. The highest BCUT2D eigenvalue weighted by Gasteiger charge is 2.14. The lowest BCUT2D eigenvalue weighted by Crippen LogP contribution is -2.36. The van der Waals surface area contributed by atoms with E-state index in [0.717, 1.165) is 18.9 Å². The van der Waals surface area contributed by atoms with Gasteiger partial charge in [0.25, 0.3) is 5.91 Å². The molecule has 0 fully saturated rings. The molecule has 2 aromatic carbocycles. The van der Waals surface area contributed by atoms with E-state index in [0.29, 0.717) is 0 Å². The highest BCUT2D eigenvalue weighted by atomic mass is 19.1. The maximum Gasteiger partial charge on any atom is 0.338 e. The summed E-state index contributed by atoms with van der Waals surface area (Å²) in [7, 11) is 1.33. The Balaban J connectivity index is 1.75. The number of nitrogens with one attached hydrogen (secondary N) is 1. The summed E-state index contributed by atoms with van der Waals surface area (Å²) in [6.07, 6.45) is 1.61. The first kappa shape index (κ1) is 19.4. The second kappa shape index (κ2) is 9.56. The van der Waals surface area contributed by atoms with E-state index in [-0.39, 0.29) is 17.4 Å². The molecule has 5 nitrogen and oxygen atoms in total. The summed E-state index contributed by atoms with van der Waals surface area (Å²) in [5.74, 6) is -1.79. The molecular formula is C20H22FNO4. The van der Waals surface area contributed by atoms with Gasteiger partial charge in [-0.05, 0) is 43.5 Å². The Morgan fingerprint density at radius 2 is 1.88 bits per heavy atom. The van der Waals surface area contributed by atoms with E-state index >= 15 is 0 Å². The number of ether oxygens (including phenoxy) is 2. The van der Waals surface area contributed by atoms with Crippen LogP contribution < -0.4 is 10.1 Å². The van der Waals surface area contributed by atoms with Crippen LogP contribution >= 0.6 is 0 Å². The van der Waals surface area contributed by atoms with Gasteiger partial charge in [0.1, 0.15) is 0 Å². The molecule has 1 N–H and O–H groups in total. The number of amides is 1. The Bertz CT molecular complexity index is 749. The monoisotopic (exact) mass is 359 g/mol. The number of hydrogen-bond acceptors (Lipinski definition) is 4. The SMILES string of the molecule is COc1ccc(C(=O)OCC(=O)N[C@H](C)CCc2ccccc2)cc1F. The number of hydrogen-bond donors (Lipinski definition) is 1. The van der Waals surface area contributed by atoms with E-state index in [1.54, 1.807) is 0 Å². The van der Waals surface area contributed by atoms with E-state index < -0.39 is 24.3 Å². The molecule has 0 heterocycles. The minimum absolute atomic E-state index is 0.0215. The minimum atomic E-state index is -0.765. The van der Waals surface area contributed by atoms with Crippen molar-refractivity contribution < 1.29 is 23.5 Å². The van der Waals surface area contributed by atoms with E-state index in [9.17, 15) is 14.0 Å². The molecule has 1 atom stereocenters. The highest BCUT2D eigenvalue weighted by molar-refractivity contribution is 5.91. The van der Waals surface area contributed by atoms with Crippen molar-refractivity contribution in [2.75, 3.05) is 13.7 Å². The molecule has 0 spiro atoms. The summed E-state index contributed by atoms with van der Waals surface area (Å²) in [5.41, 5.74) is 1.22. The third-order valence-corrected chi connectivity index (χ3v) is 3.84. The van der Waals surface area contributed by atoms with Gasteiger partial charge in [0.05, 0.1) is 12.7 Å². The molecule has 0 aromatic heterocycles. The van der Waals surface area contributed by atoms with E-state index in [1.807, 2.05) is 37.3 Å². The molecular weight excluding hydrogens is 337 g/mol. The fraction of sp³-hybridized carbons (Fsp3) is 0.300. The average Bonchev–Trinajstić information content (AvgIpc) is 2.65. The lowest BCUT2D eigenvalue weighted by atomic mass is 10.1. The summed E-state index contributed by atoms with van der Waals surface area (Å²) in [6, 6.07) is 13.6. The minimum Gasteiger partial charge on any atom is -0.494 e. The molecule has 0 aliphatic heterocycles. The average molecular weight is 359 g/mol. The van der Waals surface area contributed by atoms with Crippen LogP contribution in [0.2, 0.25) is 0 Å². The van der Waals surface area contributed by atoms with Crippen LogP contribution in [0.4, 0.5) is 4.39 Å². The molecule has 0 radical (unpaired) electrons. The third-order valence-electron chi connectivity index (χ3n) is 3.84. The Kier molecular flexibility index (Phi) is 7.14. The molecule has 0 unspecified atom stereocenters. The second-order valence-corrected chi connectivity index (χ2v) is 5.92. The van der Waals surface area contributed by atoms with Crippen LogP contribution in [0.15, 0.2) is 48.5 Å². The number of methoxy groups -OCH3 is 1. The zero-order valence-corrected chi connectivity index (χ0v) is 14.8. The van der Waals surface area contributed by atoms with Gasteiger partial charge >= 0.3 is 5.97 Å². The molecule has 26 heavy (non-hydrogen) atoms. The molecule has 0 saturated carbocycles. The van der Waals surface area contributed by atoms with Crippen molar-refractivity contribution in [1.82, 2.24) is 5.32 Å². The smallest absolute Gasteiger partial charge is 0.338 e. The highest BCUT2D eigenvalue weighted by Crippen LogP contribution is 2.18. The number of benzene rings is 2. The van der Waals surface area contributed by atoms with Gasteiger partial charge in [-0.1, -0.05) is 30.3 Å². The van der Waals surface area contributed by atoms with Crippen LogP contribution in [0.25, 0.3) is 0 Å². The number of carbonyl (C=O) groups excluding carboxylic acids is 2. The summed E-state index contributed by atoms with van der Waals surface area (Å²) in [4.78, 5) is 23.8. The zero-order valence-electron chi connectivity index (χ0n) is 14.8. The van der Waals surface area contributed by atoms with Crippen molar-refractivity contribution >= 4 is 11.9 Å². The van der Waals surface area contributed by atoms with E-state index in [1.165, 1.54) is 24.8 Å². The summed E-state index contributed by atoms with van der Waals surface area (Å²) in [6.45, 7) is 1.48. The molecule has 138 valence electrons. The first-order valence-corrected chi connectivity index (χ1v) is 8.33.